The van der Waals surface area contributed by atoms with E-state index in [1.54, 1.807) is 0 Å². The number of rotatable bonds is 2. The number of esters is 1. The minimum Gasteiger partial charge on any atom is -0.466 e. The molecule has 1 aliphatic heterocycles. The lowest BCUT2D eigenvalue weighted by atomic mass is 10.2. The summed E-state index contributed by atoms with van der Waals surface area (Å²) in [5, 5.41) is 0. The summed E-state index contributed by atoms with van der Waals surface area (Å²) in [6.45, 7) is 4.28. The molecule has 14 heavy (non-hydrogen) atoms. The molecule has 0 saturated carbocycles. The van der Waals surface area contributed by atoms with Crippen molar-refractivity contribution >= 4 is 17.7 Å². The highest BCUT2D eigenvalue weighted by molar-refractivity contribution is 7.99. The van der Waals surface area contributed by atoms with Gasteiger partial charge in [0.25, 0.3) is 0 Å². The molecular formula is C10H17NO2S. The van der Waals surface area contributed by atoms with Gasteiger partial charge in [0.1, 0.15) is 0 Å². The van der Waals surface area contributed by atoms with Gasteiger partial charge in [-0.25, -0.2) is 4.79 Å². The van der Waals surface area contributed by atoms with Crippen LogP contribution in [0, 0.1) is 5.92 Å². The summed E-state index contributed by atoms with van der Waals surface area (Å²) in [4.78, 5) is 13.1. The third kappa shape index (κ3) is 4.05. The van der Waals surface area contributed by atoms with Gasteiger partial charge in [0, 0.05) is 31.1 Å². The van der Waals surface area contributed by atoms with Gasteiger partial charge < -0.3 is 9.64 Å². The second-order valence-corrected chi connectivity index (χ2v) is 4.66. The molecule has 0 aliphatic carbocycles. The average Bonchev–Trinajstić information content (AvgIpc) is 2.39. The van der Waals surface area contributed by atoms with Gasteiger partial charge in [0.15, 0.2) is 0 Å². The number of carbonyl (C=O) groups is 1. The molecule has 1 heterocycles. The topological polar surface area (TPSA) is 29.5 Å². The van der Waals surface area contributed by atoms with Crippen molar-refractivity contribution in [1.29, 1.82) is 0 Å². The summed E-state index contributed by atoms with van der Waals surface area (Å²) in [7, 11) is 1.40. The maximum absolute atomic E-state index is 10.9. The zero-order valence-electron chi connectivity index (χ0n) is 8.73. The van der Waals surface area contributed by atoms with Gasteiger partial charge in [-0.05, 0) is 11.7 Å². The molecule has 0 amide bonds. The third-order valence-electron chi connectivity index (χ3n) is 2.09. The summed E-state index contributed by atoms with van der Waals surface area (Å²) in [5.74, 6) is 2.75. The Morgan fingerprint density at radius 3 is 3.14 bits per heavy atom. The van der Waals surface area contributed by atoms with E-state index in [1.807, 2.05) is 18.0 Å². The lowest BCUT2D eigenvalue weighted by Crippen LogP contribution is -2.24. The normalized spacial score (nSPS) is 23.6. The fourth-order valence-electron chi connectivity index (χ4n) is 1.38. The highest BCUT2D eigenvalue weighted by Crippen LogP contribution is 2.15. The van der Waals surface area contributed by atoms with Crippen molar-refractivity contribution in [2.24, 2.45) is 5.92 Å². The van der Waals surface area contributed by atoms with E-state index in [-0.39, 0.29) is 5.97 Å². The SMILES string of the molecule is COC(=O)/C=C/N1CCSCC(C)C1. The number of hydrogen-bond acceptors (Lipinski definition) is 4. The van der Waals surface area contributed by atoms with Crippen LogP contribution < -0.4 is 0 Å². The lowest BCUT2D eigenvalue weighted by Gasteiger charge is -2.19. The summed E-state index contributed by atoms with van der Waals surface area (Å²) in [6, 6.07) is 0. The van der Waals surface area contributed by atoms with Gasteiger partial charge in [-0.1, -0.05) is 6.92 Å². The molecule has 4 heteroatoms. The van der Waals surface area contributed by atoms with Crippen LogP contribution in [-0.4, -0.2) is 42.6 Å². The first-order valence-corrected chi connectivity index (χ1v) is 5.96. The fraction of sp³-hybridized carbons (Fsp3) is 0.700. The van der Waals surface area contributed by atoms with E-state index in [0.717, 1.165) is 18.8 Å². The standard InChI is InChI=1S/C10H17NO2S/c1-9-7-11(5-6-14-8-9)4-3-10(12)13-2/h3-4,9H,5-8H2,1-2H3/b4-3+. The number of ether oxygens (including phenoxy) is 1. The number of carbonyl (C=O) groups excluding carboxylic acids is 1. The fourth-order valence-corrected chi connectivity index (χ4v) is 2.42. The molecule has 0 aromatic carbocycles. The first-order chi connectivity index (χ1) is 6.72. The molecular weight excluding hydrogens is 198 g/mol. The summed E-state index contributed by atoms with van der Waals surface area (Å²) < 4.78 is 4.54. The Balaban J connectivity index is 2.42. The van der Waals surface area contributed by atoms with E-state index in [4.69, 9.17) is 0 Å². The molecule has 1 aliphatic rings. The van der Waals surface area contributed by atoms with E-state index < -0.39 is 0 Å². The van der Waals surface area contributed by atoms with E-state index >= 15 is 0 Å². The van der Waals surface area contributed by atoms with Gasteiger partial charge in [-0.15, -0.1) is 0 Å². The lowest BCUT2D eigenvalue weighted by molar-refractivity contribution is -0.134. The minimum absolute atomic E-state index is 0.283. The van der Waals surface area contributed by atoms with Crippen LogP contribution >= 0.6 is 11.8 Å². The van der Waals surface area contributed by atoms with Gasteiger partial charge in [0.2, 0.25) is 0 Å². The molecule has 1 saturated heterocycles. The average molecular weight is 215 g/mol. The molecule has 0 N–H and O–H groups in total. The van der Waals surface area contributed by atoms with E-state index in [0.29, 0.717) is 5.92 Å². The van der Waals surface area contributed by atoms with Crippen LogP contribution in [0.1, 0.15) is 6.92 Å². The Morgan fingerprint density at radius 1 is 1.64 bits per heavy atom. The number of nitrogens with zero attached hydrogens (tertiary/aromatic N) is 1. The molecule has 0 aromatic heterocycles. The molecule has 1 atom stereocenters. The number of methoxy groups -OCH3 is 1. The van der Waals surface area contributed by atoms with Crippen LogP contribution in [0.2, 0.25) is 0 Å². The van der Waals surface area contributed by atoms with Crippen LogP contribution in [-0.2, 0) is 9.53 Å². The smallest absolute Gasteiger partial charge is 0.331 e. The number of hydrogen-bond donors (Lipinski definition) is 0. The molecule has 0 aromatic rings. The minimum atomic E-state index is -0.283. The monoisotopic (exact) mass is 215 g/mol. The Hall–Kier alpha value is -0.640. The van der Waals surface area contributed by atoms with Crippen molar-refractivity contribution in [1.82, 2.24) is 4.90 Å². The van der Waals surface area contributed by atoms with Crippen LogP contribution in [0.3, 0.4) is 0 Å². The summed E-state index contributed by atoms with van der Waals surface area (Å²) in [6.07, 6.45) is 3.33. The van der Waals surface area contributed by atoms with Gasteiger partial charge in [0.05, 0.1) is 7.11 Å². The highest BCUT2D eigenvalue weighted by atomic mass is 32.2. The molecule has 1 rings (SSSR count). The van der Waals surface area contributed by atoms with Crippen molar-refractivity contribution in [3.63, 3.8) is 0 Å². The Kier molecular flexibility index (Phi) is 4.87. The largest absolute Gasteiger partial charge is 0.466 e. The summed E-state index contributed by atoms with van der Waals surface area (Å²) in [5.41, 5.74) is 0. The first kappa shape index (κ1) is 11.4. The quantitative estimate of drug-likeness (QED) is 0.514. The van der Waals surface area contributed by atoms with Crippen LogP contribution in [0.15, 0.2) is 12.3 Å². The maximum Gasteiger partial charge on any atom is 0.331 e. The predicted octanol–water partition coefficient (Wildman–Crippen LogP) is 1.36. The molecule has 0 radical (unpaired) electrons. The second kappa shape index (κ2) is 5.96. The van der Waals surface area contributed by atoms with E-state index in [1.165, 1.54) is 18.9 Å². The third-order valence-corrected chi connectivity index (χ3v) is 3.37. The van der Waals surface area contributed by atoms with Gasteiger partial charge in [-0.2, -0.15) is 11.8 Å². The van der Waals surface area contributed by atoms with Crippen molar-refractivity contribution in [2.75, 3.05) is 31.7 Å². The van der Waals surface area contributed by atoms with E-state index in [9.17, 15) is 4.79 Å². The Morgan fingerprint density at radius 2 is 2.43 bits per heavy atom. The van der Waals surface area contributed by atoms with Gasteiger partial charge >= 0.3 is 5.97 Å². The molecule has 0 bridgehead atoms. The highest BCUT2D eigenvalue weighted by Gasteiger charge is 2.11. The zero-order chi connectivity index (χ0) is 10.4. The van der Waals surface area contributed by atoms with Crippen molar-refractivity contribution in [3.8, 4) is 0 Å². The van der Waals surface area contributed by atoms with Crippen LogP contribution in [0.5, 0.6) is 0 Å². The van der Waals surface area contributed by atoms with Crippen LogP contribution in [0.25, 0.3) is 0 Å². The Labute approximate surface area is 89.5 Å². The maximum atomic E-state index is 10.9. The van der Waals surface area contributed by atoms with Crippen molar-refractivity contribution in [3.05, 3.63) is 12.3 Å². The molecule has 1 fully saturated rings. The van der Waals surface area contributed by atoms with Crippen LogP contribution in [0.4, 0.5) is 0 Å². The predicted molar refractivity (Wildman–Crippen MR) is 59.2 cm³/mol. The molecule has 80 valence electrons. The van der Waals surface area contributed by atoms with Gasteiger partial charge in [-0.3, -0.25) is 0 Å². The van der Waals surface area contributed by atoms with E-state index in [2.05, 4.69) is 16.6 Å². The molecule has 1 unspecified atom stereocenters. The summed E-state index contributed by atoms with van der Waals surface area (Å²) >= 11 is 1.98. The van der Waals surface area contributed by atoms with Crippen molar-refractivity contribution < 1.29 is 9.53 Å². The first-order valence-electron chi connectivity index (χ1n) is 4.80. The molecule has 0 spiro atoms. The van der Waals surface area contributed by atoms with Crippen molar-refractivity contribution in [2.45, 2.75) is 6.92 Å². The zero-order valence-corrected chi connectivity index (χ0v) is 9.55. The second-order valence-electron chi connectivity index (χ2n) is 3.51. The Bertz CT molecular complexity index is 218. The number of thioether (sulfide) groups is 1. The molecule has 3 nitrogen and oxygen atoms in total.